The van der Waals surface area contributed by atoms with Crippen LogP contribution in [0.4, 0.5) is 4.39 Å². The molecular formula is C17H15ClFN3O3. The standard InChI is InChI=1S/C17H15ClFN3O3/c1-8-15(9(2)25-17(8)18)16-13(21-22-14(16)7-20-24)5-10-3-4-11(23)6-12(10)19/h3-4,6-7,23-24H,5H2,1-2H3,(H,21,22). The van der Waals surface area contributed by atoms with Crippen LogP contribution in [0.25, 0.3) is 11.1 Å². The van der Waals surface area contributed by atoms with Crippen LogP contribution in [0, 0.1) is 19.7 Å². The van der Waals surface area contributed by atoms with Gasteiger partial charge in [-0.15, -0.1) is 0 Å². The van der Waals surface area contributed by atoms with E-state index in [0.29, 0.717) is 39.4 Å². The summed E-state index contributed by atoms with van der Waals surface area (Å²) in [6, 6.07) is 3.96. The van der Waals surface area contributed by atoms with Gasteiger partial charge in [0.1, 0.15) is 23.0 Å². The van der Waals surface area contributed by atoms with Crippen molar-refractivity contribution >= 4 is 17.8 Å². The zero-order chi connectivity index (χ0) is 18.1. The predicted octanol–water partition coefficient (Wildman–Crippen LogP) is 4.18. The van der Waals surface area contributed by atoms with Gasteiger partial charge in [0.05, 0.1) is 6.21 Å². The van der Waals surface area contributed by atoms with Gasteiger partial charge in [0, 0.05) is 34.9 Å². The number of phenolic OH excluding ortho intramolecular Hbond substituents is 1. The van der Waals surface area contributed by atoms with Gasteiger partial charge >= 0.3 is 0 Å². The van der Waals surface area contributed by atoms with Gasteiger partial charge in [-0.25, -0.2) is 4.39 Å². The molecule has 0 bridgehead atoms. The molecule has 3 aromatic rings. The normalized spacial score (nSPS) is 11.5. The molecule has 6 nitrogen and oxygen atoms in total. The molecule has 3 N–H and O–H groups in total. The molecule has 0 aliphatic heterocycles. The number of phenols is 1. The van der Waals surface area contributed by atoms with Crippen molar-refractivity contribution in [1.82, 2.24) is 10.2 Å². The number of nitrogens with zero attached hydrogens (tertiary/aromatic N) is 2. The fraction of sp³-hybridized carbons (Fsp3) is 0.176. The fourth-order valence-corrected chi connectivity index (χ4v) is 3.02. The lowest BCUT2D eigenvalue weighted by Crippen LogP contribution is -1.97. The van der Waals surface area contributed by atoms with Crippen LogP contribution < -0.4 is 0 Å². The highest BCUT2D eigenvalue weighted by molar-refractivity contribution is 6.30. The summed E-state index contributed by atoms with van der Waals surface area (Å²) in [6.07, 6.45) is 1.37. The van der Waals surface area contributed by atoms with E-state index in [9.17, 15) is 9.50 Å². The van der Waals surface area contributed by atoms with Crippen LogP contribution in [0.15, 0.2) is 27.8 Å². The highest BCUT2D eigenvalue weighted by atomic mass is 35.5. The Morgan fingerprint density at radius 2 is 2.12 bits per heavy atom. The van der Waals surface area contributed by atoms with Crippen molar-refractivity contribution in [1.29, 1.82) is 0 Å². The van der Waals surface area contributed by atoms with E-state index in [4.69, 9.17) is 21.2 Å². The number of aromatic amines is 1. The largest absolute Gasteiger partial charge is 0.508 e. The number of furan rings is 1. The summed E-state index contributed by atoms with van der Waals surface area (Å²) in [5, 5.41) is 28.5. The summed E-state index contributed by atoms with van der Waals surface area (Å²) in [7, 11) is 0. The molecule has 3 rings (SSSR count). The van der Waals surface area contributed by atoms with Crippen LogP contribution >= 0.6 is 11.6 Å². The van der Waals surface area contributed by atoms with Crippen LogP contribution in [0.1, 0.15) is 28.3 Å². The molecule has 0 fully saturated rings. The van der Waals surface area contributed by atoms with Crippen molar-refractivity contribution in [2.75, 3.05) is 0 Å². The van der Waals surface area contributed by atoms with E-state index in [0.717, 1.165) is 6.07 Å². The number of hydrogen-bond acceptors (Lipinski definition) is 5. The maximum absolute atomic E-state index is 14.1. The SMILES string of the molecule is Cc1oc(Cl)c(C)c1-c1c(C=NO)n[nH]c1Cc1ccc(O)cc1F. The first-order valence-corrected chi connectivity index (χ1v) is 7.78. The minimum absolute atomic E-state index is 0.146. The van der Waals surface area contributed by atoms with E-state index in [1.165, 1.54) is 18.3 Å². The highest BCUT2D eigenvalue weighted by Crippen LogP contribution is 2.38. The molecule has 0 saturated carbocycles. The Labute approximate surface area is 147 Å². The van der Waals surface area contributed by atoms with Gasteiger partial charge in [-0.2, -0.15) is 5.10 Å². The smallest absolute Gasteiger partial charge is 0.196 e. The molecule has 0 aliphatic carbocycles. The molecule has 0 amide bonds. The summed E-state index contributed by atoms with van der Waals surface area (Å²) in [6.45, 7) is 3.55. The second kappa shape index (κ2) is 6.60. The maximum atomic E-state index is 14.1. The van der Waals surface area contributed by atoms with Gasteiger partial charge in [-0.1, -0.05) is 11.2 Å². The third-order valence-electron chi connectivity index (χ3n) is 3.97. The molecule has 25 heavy (non-hydrogen) atoms. The van der Waals surface area contributed by atoms with Gasteiger partial charge in [0.25, 0.3) is 0 Å². The molecule has 2 aromatic heterocycles. The van der Waals surface area contributed by atoms with Crippen molar-refractivity contribution in [3.63, 3.8) is 0 Å². The quantitative estimate of drug-likeness (QED) is 0.368. The van der Waals surface area contributed by atoms with E-state index >= 15 is 0 Å². The second-order valence-electron chi connectivity index (χ2n) is 5.59. The summed E-state index contributed by atoms with van der Waals surface area (Å²) < 4.78 is 19.5. The third kappa shape index (κ3) is 3.10. The number of benzene rings is 1. The highest BCUT2D eigenvalue weighted by Gasteiger charge is 2.23. The number of oxime groups is 1. The summed E-state index contributed by atoms with van der Waals surface area (Å²) in [5.74, 6) is -0.104. The van der Waals surface area contributed by atoms with Gasteiger partial charge in [-0.05, 0) is 37.1 Å². The van der Waals surface area contributed by atoms with Gasteiger partial charge < -0.3 is 14.7 Å². The molecule has 0 atom stereocenters. The second-order valence-corrected chi connectivity index (χ2v) is 5.93. The molecule has 2 heterocycles. The van der Waals surface area contributed by atoms with Crippen molar-refractivity contribution in [2.24, 2.45) is 5.16 Å². The van der Waals surface area contributed by atoms with E-state index in [1.807, 2.05) is 0 Å². The minimum atomic E-state index is -0.531. The Morgan fingerprint density at radius 1 is 1.36 bits per heavy atom. The Bertz CT molecular complexity index is 962. The van der Waals surface area contributed by atoms with Crippen molar-refractivity contribution in [3.05, 3.63) is 57.5 Å². The molecule has 0 aliphatic rings. The number of rotatable bonds is 4. The molecule has 0 unspecified atom stereocenters. The van der Waals surface area contributed by atoms with Crippen molar-refractivity contribution < 1.29 is 19.1 Å². The van der Waals surface area contributed by atoms with E-state index in [-0.39, 0.29) is 17.4 Å². The lowest BCUT2D eigenvalue weighted by atomic mass is 9.97. The minimum Gasteiger partial charge on any atom is -0.508 e. The molecule has 1 aromatic carbocycles. The van der Waals surface area contributed by atoms with E-state index in [1.54, 1.807) is 13.8 Å². The zero-order valence-corrected chi connectivity index (χ0v) is 14.2. The molecule has 0 spiro atoms. The topological polar surface area (TPSA) is 94.6 Å². The predicted molar refractivity (Wildman–Crippen MR) is 91.0 cm³/mol. The Morgan fingerprint density at radius 3 is 2.72 bits per heavy atom. The third-order valence-corrected chi connectivity index (χ3v) is 4.33. The van der Waals surface area contributed by atoms with E-state index < -0.39 is 5.82 Å². The lowest BCUT2D eigenvalue weighted by molar-refractivity contribution is 0.321. The maximum Gasteiger partial charge on any atom is 0.196 e. The number of aryl methyl sites for hydroxylation is 1. The van der Waals surface area contributed by atoms with Crippen LogP contribution in [0.2, 0.25) is 5.22 Å². The monoisotopic (exact) mass is 363 g/mol. The first-order chi connectivity index (χ1) is 11.9. The Hall–Kier alpha value is -2.80. The number of H-pyrrole nitrogens is 1. The van der Waals surface area contributed by atoms with Crippen LogP contribution in [-0.2, 0) is 6.42 Å². The number of halogens is 2. The average Bonchev–Trinajstić information content (AvgIpc) is 3.04. The molecule has 130 valence electrons. The fourth-order valence-electron chi connectivity index (χ4n) is 2.81. The zero-order valence-electron chi connectivity index (χ0n) is 13.5. The number of nitrogens with one attached hydrogen (secondary N) is 1. The molecule has 0 radical (unpaired) electrons. The van der Waals surface area contributed by atoms with Crippen molar-refractivity contribution in [3.8, 4) is 16.9 Å². The Kier molecular flexibility index (Phi) is 4.50. The first kappa shape index (κ1) is 17.0. The molecule has 0 saturated heterocycles. The summed E-state index contributed by atoms with van der Waals surface area (Å²) in [5.41, 5.74) is 3.39. The Balaban J connectivity index is 2.15. The van der Waals surface area contributed by atoms with Gasteiger partial charge in [0.15, 0.2) is 5.22 Å². The lowest BCUT2D eigenvalue weighted by Gasteiger charge is -2.07. The average molecular weight is 364 g/mol. The van der Waals surface area contributed by atoms with E-state index in [2.05, 4.69) is 15.4 Å². The van der Waals surface area contributed by atoms with Crippen LogP contribution in [0.5, 0.6) is 5.75 Å². The van der Waals surface area contributed by atoms with Gasteiger partial charge in [-0.3, -0.25) is 5.10 Å². The van der Waals surface area contributed by atoms with Crippen LogP contribution in [-0.4, -0.2) is 26.7 Å². The summed E-state index contributed by atoms with van der Waals surface area (Å²) in [4.78, 5) is 0. The van der Waals surface area contributed by atoms with Crippen LogP contribution in [0.3, 0.4) is 0 Å². The number of hydrogen-bond donors (Lipinski definition) is 3. The molecule has 8 heteroatoms. The van der Waals surface area contributed by atoms with Crippen molar-refractivity contribution in [2.45, 2.75) is 20.3 Å². The molecular weight excluding hydrogens is 349 g/mol. The van der Waals surface area contributed by atoms with Gasteiger partial charge in [0.2, 0.25) is 0 Å². The number of aromatic hydroxyl groups is 1. The number of aromatic nitrogens is 2. The first-order valence-electron chi connectivity index (χ1n) is 7.40. The summed E-state index contributed by atoms with van der Waals surface area (Å²) >= 11 is 6.07.